The Morgan fingerprint density at radius 3 is 2.13 bits per heavy atom. The molecular formula is C34H42N2O3. The molecule has 206 valence electrons. The van der Waals surface area contributed by atoms with Crippen LogP contribution in [0.2, 0.25) is 0 Å². The zero-order chi connectivity index (χ0) is 26.9. The lowest BCUT2D eigenvalue weighted by Crippen LogP contribution is -2.33. The molecule has 0 fully saturated rings. The average Bonchev–Trinajstić information content (AvgIpc) is 3.43. The van der Waals surface area contributed by atoms with Gasteiger partial charge in [-0.15, -0.1) is 0 Å². The molecule has 0 bridgehead atoms. The summed E-state index contributed by atoms with van der Waals surface area (Å²) in [6.07, 6.45) is 10.3. The lowest BCUT2D eigenvalue weighted by atomic mass is 9.96. The Morgan fingerprint density at radius 1 is 0.744 bits per heavy atom. The van der Waals surface area contributed by atoms with Gasteiger partial charge in [-0.2, -0.15) is 5.10 Å². The molecule has 0 saturated heterocycles. The van der Waals surface area contributed by atoms with Crippen LogP contribution < -0.4 is 14.2 Å². The van der Waals surface area contributed by atoms with E-state index in [9.17, 15) is 0 Å². The first kappa shape index (κ1) is 27.1. The van der Waals surface area contributed by atoms with Crippen LogP contribution in [0.5, 0.6) is 17.2 Å². The zero-order valence-electron chi connectivity index (χ0n) is 23.5. The molecule has 0 aliphatic carbocycles. The van der Waals surface area contributed by atoms with Crippen molar-refractivity contribution < 1.29 is 14.2 Å². The molecule has 5 heteroatoms. The van der Waals surface area contributed by atoms with Crippen molar-refractivity contribution >= 4 is 5.71 Å². The predicted molar refractivity (Wildman–Crippen MR) is 158 cm³/mol. The standard InChI is InChI=1S/C34H42N2O3/c1-3-5-7-8-9-12-24-38-29-21-17-27(18-22-29)34-36-32(30-13-10-11-14-33(30)39-34)25-31(35-36)26-15-19-28(20-16-26)37-23-6-4-2/h10-11,13-22,32,34H,3-9,12,23-25H2,1-2H3/t32-,34+/m1/s1. The number of benzene rings is 3. The van der Waals surface area contributed by atoms with Gasteiger partial charge in [-0.1, -0.05) is 70.6 Å². The van der Waals surface area contributed by atoms with E-state index in [1.54, 1.807) is 0 Å². The van der Waals surface area contributed by atoms with Gasteiger partial charge < -0.3 is 14.2 Å². The highest BCUT2D eigenvalue weighted by Gasteiger charge is 2.40. The van der Waals surface area contributed by atoms with E-state index < -0.39 is 0 Å². The van der Waals surface area contributed by atoms with Crippen LogP contribution in [0, 0.1) is 0 Å². The Morgan fingerprint density at radius 2 is 1.38 bits per heavy atom. The van der Waals surface area contributed by atoms with Crippen molar-refractivity contribution in [3.8, 4) is 17.2 Å². The van der Waals surface area contributed by atoms with Crippen molar-refractivity contribution in [2.75, 3.05) is 13.2 Å². The SMILES string of the molecule is CCCCCCCCOc1ccc([C@@H]2Oc3ccccc3[C@H]3CC(c4ccc(OCCCC)cc4)=NN32)cc1. The van der Waals surface area contributed by atoms with E-state index in [1.807, 2.05) is 6.07 Å². The Balaban J connectivity index is 1.27. The normalized spacial score (nSPS) is 17.7. The fourth-order valence-corrected chi connectivity index (χ4v) is 5.31. The first-order valence-corrected chi connectivity index (χ1v) is 14.8. The molecule has 5 rings (SSSR count). The molecule has 2 heterocycles. The summed E-state index contributed by atoms with van der Waals surface area (Å²) >= 11 is 0. The molecule has 0 aromatic heterocycles. The van der Waals surface area contributed by atoms with Crippen molar-refractivity contribution in [2.45, 2.75) is 83.9 Å². The van der Waals surface area contributed by atoms with Gasteiger partial charge in [0.1, 0.15) is 17.2 Å². The van der Waals surface area contributed by atoms with Gasteiger partial charge in [-0.05, 0) is 73.0 Å². The third-order valence-corrected chi connectivity index (χ3v) is 7.59. The fraction of sp³-hybridized carbons (Fsp3) is 0.441. The van der Waals surface area contributed by atoms with Crippen LogP contribution in [0.25, 0.3) is 0 Å². The van der Waals surface area contributed by atoms with Gasteiger partial charge in [0.2, 0.25) is 6.23 Å². The summed E-state index contributed by atoms with van der Waals surface area (Å²) in [5, 5.41) is 7.24. The van der Waals surface area contributed by atoms with Gasteiger partial charge in [-0.3, -0.25) is 0 Å². The molecule has 0 N–H and O–H groups in total. The first-order valence-electron chi connectivity index (χ1n) is 14.8. The number of hydrazone groups is 1. The lowest BCUT2D eigenvalue weighted by Gasteiger charge is -2.38. The molecule has 2 aliphatic heterocycles. The van der Waals surface area contributed by atoms with Gasteiger partial charge in [0.05, 0.1) is 25.0 Å². The second-order valence-electron chi connectivity index (χ2n) is 10.6. The second-order valence-corrected chi connectivity index (χ2v) is 10.6. The van der Waals surface area contributed by atoms with Crippen molar-refractivity contribution in [2.24, 2.45) is 5.10 Å². The van der Waals surface area contributed by atoms with E-state index in [-0.39, 0.29) is 12.3 Å². The number of nitrogens with zero attached hydrogens (tertiary/aromatic N) is 2. The highest BCUT2D eigenvalue weighted by molar-refractivity contribution is 6.02. The number of hydrogen-bond donors (Lipinski definition) is 0. The third-order valence-electron chi connectivity index (χ3n) is 7.59. The monoisotopic (exact) mass is 526 g/mol. The van der Waals surface area contributed by atoms with E-state index in [0.29, 0.717) is 0 Å². The molecule has 5 nitrogen and oxygen atoms in total. The fourth-order valence-electron chi connectivity index (χ4n) is 5.31. The molecule has 0 saturated carbocycles. The van der Waals surface area contributed by atoms with Crippen LogP contribution in [0.3, 0.4) is 0 Å². The predicted octanol–water partition coefficient (Wildman–Crippen LogP) is 8.85. The molecule has 2 aliphatic rings. The number of unbranched alkanes of at least 4 members (excludes halogenated alkanes) is 6. The minimum Gasteiger partial charge on any atom is -0.494 e. The van der Waals surface area contributed by atoms with Crippen molar-refractivity contribution in [1.29, 1.82) is 0 Å². The van der Waals surface area contributed by atoms with Crippen LogP contribution in [0.4, 0.5) is 0 Å². The van der Waals surface area contributed by atoms with E-state index in [2.05, 4.69) is 85.6 Å². The highest BCUT2D eigenvalue weighted by Crippen LogP contribution is 2.47. The molecule has 3 aromatic carbocycles. The van der Waals surface area contributed by atoms with Crippen molar-refractivity contribution in [3.63, 3.8) is 0 Å². The highest BCUT2D eigenvalue weighted by atomic mass is 16.5. The Bertz CT molecular complexity index is 1210. The summed E-state index contributed by atoms with van der Waals surface area (Å²) in [6.45, 7) is 5.95. The first-order chi connectivity index (χ1) is 19.3. The number of rotatable bonds is 14. The Labute approximate surface area is 233 Å². The molecular weight excluding hydrogens is 484 g/mol. The summed E-state index contributed by atoms with van der Waals surface area (Å²) in [7, 11) is 0. The summed E-state index contributed by atoms with van der Waals surface area (Å²) in [4.78, 5) is 0. The smallest absolute Gasteiger partial charge is 0.213 e. The molecule has 0 amide bonds. The molecule has 39 heavy (non-hydrogen) atoms. The zero-order valence-corrected chi connectivity index (χ0v) is 23.5. The molecule has 0 radical (unpaired) electrons. The maximum Gasteiger partial charge on any atom is 0.213 e. The molecule has 3 aromatic rings. The van der Waals surface area contributed by atoms with E-state index in [4.69, 9.17) is 19.3 Å². The third kappa shape index (κ3) is 6.76. The summed E-state index contributed by atoms with van der Waals surface area (Å²) in [5.41, 5.74) is 4.46. The molecule has 0 unspecified atom stereocenters. The topological polar surface area (TPSA) is 43.3 Å². The summed E-state index contributed by atoms with van der Waals surface area (Å²) in [5.74, 6) is 2.75. The maximum atomic E-state index is 6.53. The molecule has 0 spiro atoms. The number of hydrogen-bond acceptors (Lipinski definition) is 5. The second kappa shape index (κ2) is 13.5. The number of fused-ring (bicyclic) bond motifs is 3. The minimum atomic E-state index is -0.285. The molecule has 2 atom stereocenters. The van der Waals surface area contributed by atoms with Gasteiger partial charge in [-0.25, -0.2) is 5.01 Å². The lowest BCUT2D eigenvalue weighted by molar-refractivity contribution is -0.0190. The van der Waals surface area contributed by atoms with Crippen molar-refractivity contribution in [1.82, 2.24) is 5.01 Å². The van der Waals surface area contributed by atoms with Gasteiger partial charge in [0.15, 0.2) is 0 Å². The van der Waals surface area contributed by atoms with E-state index >= 15 is 0 Å². The van der Waals surface area contributed by atoms with E-state index in [1.165, 1.54) is 37.7 Å². The van der Waals surface area contributed by atoms with Crippen LogP contribution in [-0.4, -0.2) is 23.9 Å². The largest absolute Gasteiger partial charge is 0.494 e. The minimum absolute atomic E-state index is 0.138. The van der Waals surface area contributed by atoms with Crippen molar-refractivity contribution in [3.05, 3.63) is 89.5 Å². The summed E-state index contributed by atoms with van der Waals surface area (Å²) in [6, 6.07) is 25.2. The van der Waals surface area contributed by atoms with Gasteiger partial charge >= 0.3 is 0 Å². The summed E-state index contributed by atoms with van der Waals surface area (Å²) < 4.78 is 18.4. The quantitative estimate of drug-likeness (QED) is 0.197. The van der Waals surface area contributed by atoms with E-state index in [0.717, 1.165) is 73.0 Å². The average molecular weight is 527 g/mol. The van der Waals surface area contributed by atoms with Crippen LogP contribution in [0.15, 0.2) is 77.9 Å². The number of para-hydroxylation sites is 1. The van der Waals surface area contributed by atoms with Crippen LogP contribution >= 0.6 is 0 Å². The Hall–Kier alpha value is -3.47. The van der Waals surface area contributed by atoms with Gasteiger partial charge in [0, 0.05) is 17.5 Å². The van der Waals surface area contributed by atoms with Gasteiger partial charge in [0.25, 0.3) is 0 Å². The van der Waals surface area contributed by atoms with Crippen LogP contribution in [-0.2, 0) is 0 Å². The number of ether oxygens (including phenoxy) is 3. The van der Waals surface area contributed by atoms with Crippen LogP contribution in [0.1, 0.15) is 101 Å². The Kier molecular flexibility index (Phi) is 9.42. The maximum absolute atomic E-state index is 6.53.